The third-order valence-electron chi connectivity index (χ3n) is 3.96. The Morgan fingerprint density at radius 2 is 1.80 bits per heavy atom. The van der Waals surface area contributed by atoms with Gasteiger partial charge in [-0.1, -0.05) is 29.8 Å². The van der Waals surface area contributed by atoms with Crippen LogP contribution in [0.25, 0.3) is 0 Å². The van der Waals surface area contributed by atoms with E-state index in [1.165, 1.54) is 41.0 Å². The molecule has 3 rings (SSSR count). The molecule has 20 heavy (non-hydrogen) atoms. The van der Waals surface area contributed by atoms with E-state index in [9.17, 15) is 0 Å². The number of fused-ring (bicyclic) bond motifs is 1. The second-order valence-corrected chi connectivity index (χ2v) is 5.59. The molecule has 104 valence electrons. The minimum atomic E-state index is 1.07. The monoisotopic (exact) mass is 266 g/mol. The van der Waals surface area contributed by atoms with Gasteiger partial charge in [-0.3, -0.25) is 0 Å². The van der Waals surface area contributed by atoms with Crippen molar-refractivity contribution in [1.29, 1.82) is 0 Å². The summed E-state index contributed by atoms with van der Waals surface area (Å²) in [7, 11) is 0. The van der Waals surface area contributed by atoms with Gasteiger partial charge in [-0.15, -0.1) is 0 Å². The molecule has 0 saturated carbocycles. The smallest absolute Gasteiger partial charge is 0.0646 e. The standard InChI is InChI=1S/C18H22N2/c1-14-9-10-17(15(2)13-14)20-12-6-5-11-19-16-7-3-4-8-18(16)20/h3-4,7-10,13,19H,5-6,11-12H2,1-2H3. The zero-order chi connectivity index (χ0) is 13.9. The van der Waals surface area contributed by atoms with E-state index < -0.39 is 0 Å². The van der Waals surface area contributed by atoms with Crippen molar-refractivity contribution >= 4 is 17.1 Å². The lowest BCUT2D eigenvalue weighted by Gasteiger charge is -2.31. The van der Waals surface area contributed by atoms with E-state index >= 15 is 0 Å². The van der Waals surface area contributed by atoms with Crippen molar-refractivity contribution in [2.24, 2.45) is 0 Å². The Morgan fingerprint density at radius 1 is 0.950 bits per heavy atom. The summed E-state index contributed by atoms with van der Waals surface area (Å²) in [4.78, 5) is 2.45. The molecule has 1 aliphatic heterocycles. The van der Waals surface area contributed by atoms with Gasteiger partial charge >= 0.3 is 0 Å². The van der Waals surface area contributed by atoms with Gasteiger partial charge in [0.2, 0.25) is 0 Å². The molecule has 0 radical (unpaired) electrons. The van der Waals surface area contributed by atoms with Crippen LogP contribution in [0.15, 0.2) is 42.5 Å². The minimum Gasteiger partial charge on any atom is -0.383 e. The van der Waals surface area contributed by atoms with Crippen molar-refractivity contribution in [3.63, 3.8) is 0 Å². The molecule has 1 aliphatic rings. The Morgan fingerprint density at radius 3 is 2.65 bits per heavy atom. The number of hydrogen-bond acceptors (Lipinski definition) is 2. The van der Waals surface area contributed by atoms with E-state index in [4.69, 9.17) is 0 Å². The maximum atomic E-state index is 3.55. The van der Waals surface area contributed by atoms with E-state index in [1.54, 1.807) is 0 Å². The molecule has 0 bridgehead atoms. The topological polar surface area (TPSA) is 15.3 Å². The van der Waals surface area contributed by atoms with Crippen molar-refractivity contribution in [3.8, 4) is 0 Å². The molecule has 0 aromatic heterocycles. The second-order valence-electron chi connectivity index (χ2n) is 5.59. The van der Waals surface area contributed by atoms with Gasteiger partial charge in [-0.05, 0) is 50.5 Å². The van der Waals surface area contributed by atoms with Crippen molar-refractivity contribution < 1.29 is 0 Å². The van der Waals surface area contributed by atoms with E-state index in [2.05, 4.69) is 66.5 Å². The van der Waals surface area contributed by atoms with Crippen molar-refractivity contribution in [2.75, 3.05) is 23.3 Å². The molecule has 0 atom stereocenters. The van der Waals surface area contributed by atoms with Crippen LogP contribution in [0, 0.1) is 13.8 Å². The fourth-order valence-corrected chi connectivity index (χ4v) is 2.96. The van der Waals surface area contributed by atoms with Crippen LogP contribution >= 0.6 is 0 Å². The van der Waals surface area contributed by atoms with Crippen LogP contribution in [0.5, 0.6) is 0 Å². The molecule has 0 aliphatic carbocycles. The van der Waals surface area contributed by atoms with Gasteiger partial charge in [0.15, 0.2) is 0 Å². The zero-order valence-electron chi connectivity index (χ0n) is 12.3. The van der Waals surface area contributed by atoms with Crippen molar-refractivity contribution in [2.45, 2.75) is 26.7 Å². The highest BCUT2D eigenvalue weighted by Crippen LogP contribution is 2.35. The van der Waals surface area contributed by atoms with Crippen molar-refractivity contribution in [3.05, 3.63) is 53.6 Å². The van der Waals surface area contributed by atoms with E-state index in [-0.39, 0.29) is 0 Å². The Balaban J connectivity index is 2.08. The Hall–Kier alpha value is -1.96. The average Bonchev–Trinajstić information content (AvgIpc) is 2.41. The van der Waals surface area contributed by atoms with Gasteiger partial charge in [0.25, 0.3) is 0 Å². The third-order valence-corrected chi connectivity index (χ3v) is 3.96. The predicted octanol–water partition coefficient (Wildman–Crippen LogP) is 4.65. The second kappa shape index (κ2) is 5.58. The summed E-state index contributed by atoms with van der Waals surface area (Å²) in [5.41, 5.74) is 6.53. The number of para-hydroxylation sites is 2. The summed E-state index contributed by atoms with van der Waals surface area (Å²) in [6.07, 6.45) is 2.43. The molecule has 0 spiro atoms. The third kappa shape index (κ3) is 2.51. The predicted molar refractivity (Wildman–Crippen MR) is 87.1 cm³/mol. The number of nitrogens with one attached hydrogen (secondary N) is 1. The van der Waals surface area contributed by atoms with Crippen LogP contribution in [-0.2, 0) is 0 Å². The molecule has 0 fully saturated rings. The van der Waals surface area contributed by atoms with Crippen molar-refractivity contribution in [1.82, 2.24) is 0 Å². The van der Waals surface area contributed by atoms with E-state index in [0.29, 0.717) is 0 Å². The van der Waals surface area contributed by atoms with Gasteiger partial charge in [0, 0.05) is 18.8 Å². The number of aryl methyl sites for hydroxylation is 2. The fraction of sp³-hybridized carbons (Fsp3) is 0.333. The van der Waals surface area contributed by atoms with Crippen LogP contribution in [-0.4, -0.2) is 13.1 Å². The average molecular weight is 266 g/mol. The highest BCUT2D eigenvalue weighted by atomic mass is 15.2. The first kappa shape index (κ1) is 13.0. The Bertz CT molecular complexity index is 604. The lowest BCUT2D eigenvalue weighted by Crippen LogP contribution is -2.23. The molecule has 2 aromatic rings. The number of hydrogen-bond donors (Lipinski definition) is 1. The molecule has 0 amide bonds. The van der Waals surface area contributed by atoms with Crippen LogP contribution in [0.3, 0.4) is 0 Å². The van der Waals surface area contributed by atoms with E-state index in [1.807, 2.05) is 0 Å². The highest BCUT2D eigenvalue weighted by Gasteiger charge is 2.16. The number of nitrogens with zero attached hydrogens (tertiary/aromatic N) is 1. The van der Waals surface area contributed by atoms with Crippen LogP contribution in [0.2, 0.25) is 0 Å². The number of anilines is 3. The molecular weight excluding hydrogens is 244 g/mol. The van der Waals surface area contributed by atoms with Crippen LogP contribution in [0.1, 0.15) is 24.0 Å². The molecule has 2 heteroatoms. The summed E-state index contributed by atoms with van der Waals surface area (Å²) < 4.78 is 0. The summed E-state index contributed by atoms with van der Waals surface area (Å²) in [5.74, 6) is 0. The summed E-state index contributed by atoms with van der Waals surface area (Å²) in [6.45, 7) is 6.51. The Kier molecular flexibility index (Phi) is 3.64. The SMILES string of the molecule is Cc1ccc(N2CCCCNc3ccccc32)c(C)c1. The number of rotatable bonds is 1. The lowest BCUT2D eigenvalue weighted by molar-refractivity contribution is 0.746. The largest absolute Gasteiger partial charge is 0.383 e. The Labute approximate surface area is 121 Å². The fourth-order valence-electron chi connectivity index (χ4n) is 2.96. The summed E-state index contributed by atoms with van der Waals surface area (Å²) in [6, 6.07) is 15.3. The minimum absolute atomic E-state index is 1.07. The van der Waals surface area contributed by atoms with E-state index in [0.717, 1.165) is 13.1 Å². The molecule has 2 nitrogen and oxygen atoms in total. The number of benzene rings is 2. The summed E-state index contributed by atoms with van der Waals surface area (Å²) in [5, 5.41) is 3.55. The first-order valence-corrected chi connectivity index (χ1v) is 7.43. The molecule has 2 aromatic carbocycles. The summed E-state index contributed by atoms with van der Waals surface area (Å²) >= 11 is 0. The normalized spacial score (nSPS) is 15.0. The molecular formula is C18H22N2. The maximum absolute atomic E-state index is 3.55. The molecule has 0 saturated heterocycles. The van der Waals surface area contributed by atoms with Gasteiger partial charge in [-0.25, -0.2) is 0 Å². The zero-order valence-corrected chi connectivity index (χ0v) is 12.3. The first-order chi connectivity index (χ1) is 9.75. The van der Waals surface area contributed by atoms with Gasteiger partial charge < -0.3 is 10.2 Å². The first-order valence-electron chi connectivity index (χ1n) is 7.43. The maximum Gasteiger partial charge on any atom is 0.0646 e. The molecule has 1 N–H and O–H groups in total. The molecule has 1 heterocycles. The van der Waals surface area contributed by atoms with Gasteiger partial charge in [-0.2, -0.15) is 0 Å². The highest BCUT2D eigenvalue weighted by molar-refractivity contribution is 5.78. The molecule has 0 unspecified atom stereocenters. The van der Waals surface area contributed by atoms with Gasteiger partial charge in [0.05, 0.1) is 11.4 Å². The van der Waals surface area contributed by atoms with Crippen LogP contribution in [0.4, 0.5) is 17.1 Å². The quantitative estimate of drug-likeness (QED) is 0.808. The lowest BCUT2D eigenvalue weighted by atomic mass is 10.1. The van der Waals surface area contributed by atoms with Crippen LogP contribution < -0.4 is 10.2 Å². The van der Waals surface area contributed by atoms with Gasteiger partial charge in [0.1, 0.15) is 0 Å².